The molecule has 3 nitrogen and oxygen atoms in total. The molecule has 0 saturated heterocycles. The fourth-order valence-corrected chi connectivity index (χ4v) is 1.25. The molecule has 0 aromatic rings. The third-order valence-electron chi connectivity index (χ3n) is 1.90. The highest BCUT2D eigenvalue weighted by atomic mass is 17.1. The van der Waals surface area contributed by atoms with E-state index < -0.39 is 5.79 Å². The third kappa shape index (κ3) is 1.23. The Bertz CT molecular complexity index is 80.3. The van der Waals surface area contributed by atoms with Gasteiger partial charge in [0.05, 0.1) is 0 Å². The molecule has 0 atom stereocenters. The lowest BCUT2D eigenvalue weighted by atomic mass is 10.2. The highest BCUT2D eigenvalue weighted by Crippen LogP contribution is 2.32. The average molecular weight is 132 g/mol. The highest BCUT2D eigenvalue weighted by Gasteiger charge is 2.35. The van der Waals surface area contributed by atoms with Crippen LogP contribution in [0.5, 0.6) is 0 Å². The minimum Gasteiger partial charge on any atom is -0.351 e. The zero-order valence-electron chi connectivity index (χ0n) is 5.59. The quantitative estimate of drug-likeness (QED) is 0.350. The predicted molar refractivity (Wildman–Crippen MR) is 31.9 cm³/mol. The van der Waals surface area contributed by atoms with Crippen molar-refractivity contribution in [1.29, 1.82) is 0 Å². The van der Waals surface area contributed by atoms with Gasteiger partial charge in [-0.1, -0.05) is 0 Å². The zero-order chi connectivity index (χ0) is 6.74. The van der Waals surface area contributed by atoms with E-state index in [1.54, 1.807) is 7.11 Å². The van der Waals surface area contributed by atoms with Crippen LogP contribution in [0.3, 0.4) is 0 Å². The van der Waals surface area contributed by atoms with E-state index in [-0.39, 0.29) is 0 Å². The molecule has 1 N–H and O–H groups in total. The van der Waals surface area contributed by atoms with Crippen molar-refractivity contribution in [3.05, 3.63) is 0 Å². The van der Waals surface area contributed by atoms with Gasteiger partial charge in [-0.15, -0.1) is 0 Å². The van der Waals surface area contributed by atoms with Gasteiger partial charge in [-0.3, -0.25) is 0 Å². The molecular formula is C6H12O3. The molecule has 0 spiro atoms. The minimum absolute atomic E-state index is 0.667. The molecule has 0 unspecified atom stereocenters. The maximum absolute atomic E-state index is 8.39. The summed E-state index contributed by atoms with van der Waals surface area (Å²) < 4.78 is 4.98. The third-order valence-corrected chi connectivity index (χ3v) is 1.90. The van der Waals surface area contributed by atoms with Crippen LogP contribution in [0.1, 0.15) is 25.7 Å². The maximum atomic E-state index is 8.39. The summed E-state index contributed by atoms with van der Waals surface area (Å²) in [6.07, 6.45) is 3.77. The largest absolute Gasteiger partial charge is 0.351 e. The van der Waals surface area contributed by atoms with Crippen LogP contribution >= 0.6 is 0 Å². The predicted octanol–water partition coefficient (Wildman–Crippen LogP) is 1.39. The molecule has 0 heterocycles. The molecule has 9 heavy (non-hydrogen) atoms. The number of hydrogen-bond acceptors (Lipinski definition) is 3. The van der Waals surface area contributed by atoms with Crippen LogP contribution in [0, 0.1) is 0 Å². The van der Waals surface area contributed by atoms with Gasteiger partial charge >= 0.3 is 0 Å². The van der Waals surface area contributed by atoms with Gasteiger partial charge in [0.1, 0.15) is 0 Å². The fourth-order valence-electron chi connectivity index (χ4n) is 1.25. The molecule has 1 aliphatic carbocycles. The van der Waals surface area contributed by atoms with E-state index >= 15 is 0 Å². The van der Waals surface area contributed by atoms with Gasteiger partial charge in [0, 0.05) is 20.0 Å². The molecule has 0 amide bonds. The Morgan fingerprint density at radius 3 is 2.11 bits per heavy atom. The Labute approximate surface area is 54.5 Å². The molecule has 1 aliphatic rings. The first-order valence-electron chi connectivity index (χ1n) is 3.21. The zero-order valence-corrected chi connectivity index (χ0v) is 5.59. The van der Waals surface area contributed by atoms with Crippen molar-refractivity contribution in [2.75, 3.05) is 7.11 Å². The van der Waals surface area contributed by atoms with Gasteiger partial charge in [-0.25, -0.2) is 10.1 Å². The molecule has 0 radical (unpaired) electrons. The first-order valence-corrected chi connectivity index (χ1v) is 3.21. The van der Waals surface area contributed by atoms with Crippen LogP contribution in [-0.2, 0) is 9.62 Å². The van der Waals surface area contributed by atoms with Gasteiger partial charge in [-0.2, -0.15) is 0 Å². The molecule has 0 aromatic carbocycles. The molecule has 0 aromatic heterocycles. The Balaban J connectivity index is 2.45. The van der Waals surface area contributed by atoms with E-state index in [4.69, 9.17) is 9.99 Å². The second-order valence-electron chi connectivity index (χ2n) is 2.41. The molecule has 0 aliphatic heterocycles. The summed E-state index contributed by atoms with van der Waals surface area (Å²) in [4.78, 5) is 4.23. The van der Waals surface area contributed by atoms with E-state index in [0.717, 1.165) is 25.7 Å². The van der Waals surface area contributed by atoms with E-state index in [1.165, 1.54) is 0 Å². The molecule has 1 saturated carbocycles. The monoisotopic (exact) mass is 132 g/mol. The van der Waals surface area contributed by atoms with Crippen molar-refractivity contribution in [2.24, 2.45) is 0 Å². The number of rotatable bonds is 2. The minimum atomic E-state index is -0.667. The summed E-state index contributed by atoms with van der Waals surface area (Å²) in [5.41, 5.74) is 0. The number of hydrogen-bond donors (Lipinski definition) is 1. The summed E-state index contributed by atoms with van der Waals surface area (Å²) in [5, 5.41) is 8.39. The summed E-state index contributed by atoms with van der Waals surface area (Å²) in [5.74, 6) is -0.667. The molecule has 1 rings (SSSR count). The SMILES string of the molecule is COC1(OO)CCCC1. The summed E-state index contributed by atoms with van der Waals surface area (Å²) >= 11 is 0. The molecular weight excluding hydrogens is 120 g/mol. The Hall–Kier alpha value is -0.120. The Morgan fingerprint density at radius 1 is 1.33 bits per heavy atom. The van der Waals surface area contributed by atoms with E-state index in [9.17, 15) is 0 Å². The molecule has 1 fully saturated rings. The second kappa shape index (κ2) is 2.64. The normalized spacial score (nSPS) is 24.7. The molecule has 0 bridgehead atoms. The average Bonchev–Trinajstić information content (AvgIpc) is 2.36. The van der Waals surface area contributed by atoms with Crippen molar-refractivity contribution >= 4 is 0 Å². The maximum Gasteiger partial charge on any atom is 0.201 e. The van der Waals surface area contributed by atoms with Gasteiger partial charge < -0.3 is 4.74 Å². The van der Waals surface area contributed by atoms with E-state index in [1.807, 2.05) is 0 Å². The van der Waals surface area contributed by atoms with Crippen LogP contribution in [0.4, 0.5) is 0 Å². The van der Waals surface area contributed by atoms with E-state index in [2.05, 4.69) is 4.89 Å². The van der Waals surface area contributed by atoms with Crippen molar-refractivity contribution in [3.63, 3.8) is 0 Å². The lowest BCUT2D eigenvalue weighted by Gasteiger charge is -2.22. The summed E-state index contributed by atoms with van der Waals surface area (Å²) in [6.45, 7) is 0. The van der Waals surface area contributed by atoms with Gasteiger partial charge in [0.2, 0.25) is 5.79 Å². The van der Waals surface area contributed by atoms with Crippen LogP contribution < -0.4 is 0 Å². The standard InChI is InChI=1S/C6H12O3/c1-8-6(9-7)4-2-3-5-6/h7H,2-5H2,1H3. The lowest BCUT2D eigenvalue weighted by Crippen LogP contribution is -2.29. The van der Waals surface area contributed by atoms with Crippen molar-refractivity contribution in [1.82, 2.24) is 0 Å². The van der Waals surface area contributed by atoms with Gasteiger partial charge in [0.25, 0.3) is 0 Å². The topological polar surface area (TPSA) is 38.7 Å². The van der Waals surface area contributed by atoms with Crippen molar-refractivity contribution < 1.29 is 14.9 Å². The van der Waals surface area contributed by atoms with Gasteiger partial charge in [0.15, 0.2) is 0 Å². The Morgan fingerprint density at radius 2 is 1.89 bits per heavy atom. The highest BCUT2D eigenvalue weighted by molar-refractivity contribution is 4.74. The Kier molecular flexibility index (Phi) is 2.05. The number of ether oxygens (including phenoxy) is 1. The summed E-state index contributed by atoms with van der Waals surface area (Å²) in [7, 11) is 1.56. The van der Waals surface area contributed by atoms with Crippen molar-refractivity contribution in [2.45, 2.75) is 31.5 Å². The number of methoxy groups -OCH3 is 1. The second-order valence-corrected chi connectivity index (χ2v) is 2.41. The molecule has 3 heteroatoms. The van der Waals surface area contributed by atoms with Crippen LogP contribution in [0.2, 0.25) is 0 Å². The van der Waals surface area contributed by atoms with Crippen LogP contribution in [-0.4, -0.2) is 18.2 Å². The lowest BCUT2D eigenvalue weighted by molar-refractivity contribution is -0.395. The van der Waals surface area contributed by atoms with Gasteiger partial charge in [-0.05, 0) is 12.8 Å². The van der Waals surface area contributed by atoms with Crippen LogP contribution in [0.25, 0.3) is 0 Å². The smallest absolute Gasteiger partial charge is 0.201 e. The first-order chi connectivity index (χ1) is 4.33. The van der Waals surface area contributed by atoms with Crippen molar-refractivity contribution in [3.8, 4) is 0 Å². The van der Waals surface area contributed by atoms with Crippen LogP contribution in [0.15, 0.2) is 0 Å². The summed E-state index contributed by atoms with van der Waals surface area (Å²) in [6, 6.07) is 0. The fraction of sp³-hybridized carbons (Fsp3) is 1.00. The van der Waals surface area contributed by atoms with E-state index in [0.29, 0.717) is 0 Å². The molecule has 54 valence electrons. The first kappa shape index (κ1) is 6.99.